The number of amides is 1. The number of carbonyl (C=O) groups is 1. The molecule has 1 aromatic carbocycles. The molecule has 0 saturated heterocycles. The van der Waals surface area contributed by atoms with Crippen LogP contribution in [0.2, 0.25) is 0 Å². The molecule has 0 fully saturated rings. The lowest BCUT2D eigenvalue weighted by atomic mass is 10.1. The molecule has 0 atom stereocenters. The molecule has 0 bridgehead atoms. The average molecular weight is 552 g/mol. The van der Waals surface area contributed by atoms with Crippen molar-refractivity contribution >= 4 is 47.2 Å². The topological polar surface area (TPSA) is 69.9 Å². The fourth-order valence-corrected chi connectivity index (χ4v) is 3.56. The Morgan fingerprint density at radius 1 is 1.06 bits per heavy atom. The molecule has 3 rings (SSSR count). The fourth-order valence-electron chi connectivity index (χ4n) is 2.94. The van der Waals surface area contributed by atoms with Gasteiger partial charge in [-0.15, -0.1) is 35.3 Å². The Labute approximate surface area is 204 Å². The molecule has 31 heavy (non-hydrogen) atoms. The summed E-state index contributed by atoms with van der Waals surface area (Å²) in [7, 11) is 3.53. The van der Waals surface area contributed by atoms with E-state index in [1.807, 2.05) is 42.5 Å². The van der Waals surface area contributed by atoms with Crippen LogP contribution in [0, 0.1) is 0 Å². The highest BCUT2D eigenvalue weighted by Gasteiger charge is 2.08. The summed E-state index contributed by atoms with van der Waals surface area (Å²) in [4.78, 5) is 19.7. The highest BCUT2D eigenvalue weighted by atomic mass is 127. The standard InChI is InChI=1S/C23H28N4O2S.HI/c1-27(2)22(28)19-7-3-6-18(16-19)10-12-24-23(26-17-21-9-5-15-30-21)25-13-11-20-8-4-14-29-20;/h3-9,14-16H,10-13,17H2,1-2H3,(H2,24,25,26);1H. The molecule has 6 nitrogen and oxygen atoms in total. The molecule has 0 aliphatic rings. The van der Waals surface area contributed by atoms with E-state index in [-0.39, 0.29) is 29.9 Å². The molecular formula is C23H29IN4O2S. The number of nitrogens with zero attached hydrogens (tertiary/aromatic N) is 2. The third-order valence-corrected chi connectivity index (χ3v) is 5.36. The van der Waals surface area contributed by atoms with Gasteiger partial charge in [-0.1, -0.05) is 18.2 Å². The van der Waals surface area contributed by atoms with E-state index in [0.29, 0.717) is 12.1 Å². The van der Waals surface area contributed by atoms with Gasteiger partial charge in [0.1, 0.15) is 5.76 Å². The quantitative estimate of drug-likeness (QED) is 0.238. The zero-order valence-electron chi connectivity index (χ0n) is 17.8. The molecule has 8 heteroatoms. The van der Waals surface area contributed by atoms with Crippen molar-refractivity contribution in [3.05, 3.63) is 81.9 Å². The molecule has 2 heterocycles. The summed E-state index contributed by atoms with van der Waals surface area (Å²) < 4.78 is 5.39. The predicted molar refractivity (Wildman–Crippen MR) is 137 cm³/mol. The van der Waals surface area contributed by atoms with Gasteiger partial charge < -0.3 is 20.0 Å². The van der Waals surface area contributed by atoms with Crippen molar-refractivity contribution in [3.63, 3.8) is 0 Å². The highest BCUT2D eigenvalue weighted by Crippen LogP contribution is 2.10. The number of nitrogens with one attached hydrogen (secondary N) is 2. The number of halogens is 1. The van der Waals surface area contributed by atoms with Crippen LogP contribution < -0.4 is 10.6 Å². The van der Waals surface area contributed by atoms with Crippen molar-refractivity contribution in [2.45, 2.75) is 19.4 Å². The lowest BCUT2D eigenvalue weighted by Gasteiger charge is -2.13. The molecule has 2 N–H and O–H groups in total. The van der Waals surface area contributed by atoms with E-state index in [1.165, 1.54) is 4.88 Å². The molecule has 3 aromatic rings. The van der Waals surface area contributed by atoms with Gasteiger partial charge in [0.05, 0.1) is 12.8 Å². The minimum Gasteiger partial charge on any atom is -0.469 e. The first-order chi connectivity index (χ1) is 14.6. The first-order valence-electron chi connectivity index (χ1n) is 9.99. The summed E-state index contributed by atoms with van der Waals surface area (Å²) in [6.45, 7) is 2.09. The van der Waals surface area contributed by atoms with Crippen molar-refractivity contribution in [1.82, 2.24) is 15.5 Å². The number of guanidine groups is 1. The molecule has 0 saturated carbocycles. The normalized spacial score (nSPS) is 11.0. The van der Waals surface area contributed by atoms with Crippen LogP contribution in [0.25, 0.3) is 0 Å². The summed E-state index contributed by atoms with van der Waals surface area (Å²) in [6, 6.07) is 15.8. The largest absolute Gasteiger partial charge is 0.469 e. The summed E-state index contributed by atoms with van der Waals surface area (Å²) in [5.74, 6) is 1.74. The number of aliphatic imine (C=N–C) groups is 1. The van der Waals surface area contributed by atoms with E-state index in [1.54, 1.807) is 36.6 Å². The van der Waals surface area contributed by atoms with Gasteiger partial charge in [-0.2, -0.15) is 0 Å². The average Bonchev–Trinajstić information content (AvgIpc) is 3.45. The molecular weight excluding hydrogens is 523 g/mol. The summed E-state index contributed by atoms with van der Waals surface area (Å²) in [6.07, 6.45) is 3.28. The zero-order valence-corrected chi connectivity index (χ0v) is 21.0. The molecule has 1 amide bonds. The molecule has 0 unspecified atom stereocenters. The van der Waals surface area contributed by atoms with Crippen LogP contribution in [0.15, 0.2) is 69.6 Å². The van der Waals surface area contributed by atoms with Gasteiger partial charge in [-0.05, 0) is 47.7 Å². The maximum Gasteiger partial charge on any atom is 0.253 e. The molecule has 0 spiro atoms. The molecule has 2 aromatic heterocycles. The number of hydrogen-bond acceptors (Lipinski definition) is 4. The molecule has 0 aliphatic carbocycles. The third kappa shape index (κ3) is 8.37. The fraction of sp³-hybridized carbons (Fsp3) is 0.304. The second-order valence-electron chi connectivity index (χ2n) is 7.08. The first kappa shape index (κ1) is 24.9. The SMILES string of the molecule is CN(C)C(=O)c1cccc(CCNC(=NCc2cccs2)NCCc2ccco2)c1.I. The summed E-state index contributed by atoms with van der Waals surface area (Å²) >= 11 is 1.70. The van der Waals surface area contributed by atoms with E-state index in [0.717, 1.165) is 43.2 Å². The van der Waals surface area contributed by atoms with Gasteiger partial charge in [0.25, 0.3) is 5.91 Å². The van der Waals surface area contributed by atoms with Crippen molar-refractivity contribution in [2.24, 2.45) is 4.99 Å². The Bertz CT molecular complexity index is 940. The highest BCUT2D eigenvalue weighted by molar-refractivity contribution is 14.0. The Balaban J connectivity index is 0.00000341. The van der Waals surface area contributed by atoms with Crippen LogP contribution in [0.5, 0.6) is 0 Å². The number of benzene rings is 1. The molecule has 166 valence electrons. The Hall–Kier alpha value is -2.33. The van der Waals surface area contributed by atoms with Crippen LogP contribution in [-0.4, -0.2) is 44.0 Å². The monoisotopic (exact) mass is 552 g/mol. The minimum atomic E-state index is 0. The van der Waals surface area contributed by atoms with Crippen LogP contribution in [0.4, 0.5) is 0 Å². The Morgan fingerprint density at radius 2 is 1.87 bits per heavy atom. The number of thiophene rings is 1. The van der Waals surface area contributed by atoms with Crippen molar-refractivity contribution in [3.8, 4) is 0 Å². The minimum absolute atomic E-state index is 0. The smallest absolute Gasteiger partial charge is 0.253 e. The molecule has 0 radical (unpaired) electrons. The van der Waals surface area contributed by atoms with Crippen LogP contribution in [-0.2, 0) is 19.4 Å². The van der Waals surface area contributed by atoms with E-state index >= 15 is 0 Å². The lowest BCUT2D eigenvalue weighted by Crippen LogP contribution is -2.39. The number of rotatable bonds is 9. The van der Waals surface area contributed by atoms with Crippen LogP contribution >= 0.6 is 35.3 Å². The maximum absolute atomic E-state index is 12.2. The van der Waals surface area contributed by atoms with E-state index in [2.05, 4.69) is 22.1 Å². The number of hydrogen-bond donors (Lipinski definition) is 2. The van der Waals surface area contributed by atoms with E-state index in [4.69, 9.17) is 9.41 Å². The zero-order chi connectivity index (χ0) is 21.2. The number of furan rings is 1. The second-order valence-corrected chi connectivity index (χ2v) is 8.11. The van der Waals surface area contributed by atoms with Gasteiger partial charge in [-0.25, -0.2) is 4.99 Å². The van der Waals surface area contributed by atoms with Gasteiger partial charge >= 0.3 is 0 Å². The van der Waals surface area contributed by atoms with Gasteiger partial charge in [0, 0.05) is 44.0 Å². The van der Waals surface area contributed by atoms with Crippen molar-refractivity contribution in [1.29, 1.82) is 0 Å². The van der Waals surface area contributed by atoms with Gasteiger partial charge in [-0.3, -0.25) is 4.79 Å². The van der Waals surface area contributed by atoms with E-state index in [9.17, 15) is 4.79 Å². The first-order valence-corrected chi connectivity index (χ1v) is 10.9. The number of carbonyl (C=O) groups excluding carboxylic acids is 1. The second kappa shape index (κ2) is 13.2. The maximum atomic E-state index is 12.2. The van der Waals surface area contributed by atoms with Gasteiger partial charge in [0.2, 0.25) is 0 Å². The van der Waals surface area contributed by atoms with Crippen LogP contribution in [0.1, 0.15) is 26.6 Å². The lowest BCUT2D eigenvalue weighted by molar-refractivity contribution is 0.0827. The van der Waals surface area contributed by atoms with E-state index < -0.39 is 0 Å². The Morgan fingerprint density at radius 3 is 2.55 bits per heavy atom. The molecule has 0 aliphatic heterocycles. The summed E-state index contributed by atoms with van der Waals surface area (Å²) in [5.41, 5.74) is 1.82. The van der Waals surface area contributed by atoms with Gasteiger partial charge in [0.15, 0.2) is 5.96 Å². The Kier molecular flexibility index (Phi) is 10.6. The summed E-state index contributed by atoms with van der Waals surface area (Å²) in [5, 5.41) is 8.83. The predicted octanol–water partition coefficient (Wildman–Crippen LogP) is 4.18. The van der Waals surface area contributed by atoms with Crippen molar-refractivity contribution < 1.29 is 9.21 Å². The van der Waals surface area contributed by atoms with Crippen molar-refractivity contribution in [2.75, 3.05) is 27.2 Å². The van der Waals surface area contributed by atoms with Crippen LogP contribution in [0.3, 0.4) is 0 Å². The third-order valence-electron chi connectivity index (χ3n) is 4.50.